The molecule has 8 heteroatoms. The highest BCUT2D eigenvalue weighted by Crippen LogP contribution is 2.42. The lowest BCUT2D eigenvalue weighted by Crippen LogP contribution is -2.53. The maximum absolute atomic E-state index is 14.1. The fourth-order valence-corrected chi connectivity index (χ4v) is 3.83. The zero-order valence-corrected chi connectivity index (χ0v) is 14.6. The smallest absolute Gasteiger partial charge is 0.160 e. The third-order valence-electron chi connectivity index (χ3n) is 4.36. The maximum atomic E-state index is 14.1. The molecular formula is C14H17BrF2N2O2S. The van der Waals surface area contributed by atoms with E-state index in [0.717, 1.165) is 6.26 Å². The van der Waals surface area contributed by atoms with Crippen LogP contribution in [0.1, 0.15) is 25.3 Å². The molecule has 4 nitrogen and oxygen atoms in total. The van der Waals surface area contributed by atoms with Crippen LogP contribution in [0.15, 0.2) is 27.7 Å². The maximum Gasteiger partial charge on any atom is 0.160 e. The van der Waals surface area contributed by atoms with Crippen molar-refractivity contribution in [2.75, 3.05) is 12.9 Å². The second-order valence-electron chi connectivity index (χ2n) is 5.79. The summed E-state index contributed by atoms with van der Waals surface area (Å²) in [6, 6.07) is 4.17. The Bertz CT molecular complexity index is 738. The molecule has 22 heavy (non-hydrogen) atoms. The molecule has 0 radical (unpaired) electrons. The molecule has 0 aromatic heterocycles. The summed E-state index contributed by atoms with van der Waals surface area (Å²) in [6.45, 7) is 0.501. The summed E-state index contributed by atoms with van der Waals surface area (Å²) in [7, 11) is -3.51. The molecule has 2 atom stereocenters. The average Bonchev–Trinajstić information content (AvgIpc) is 2.43. The molecule has 1 aliphatic heterocycles. The number of aliphatic imine (C=N–C) groups is 1. The van der Waals surface area contributed by atoms with Crippen LogP contribution in [-0.4, -0.2) is 31.9 Å². The minimum Gasteiger partial charge on any atom is -0.386 e. The number of halogens is 3. The third-order valence-corrected chi connectivity index (χ3v) is 6.90. The summed E-state index contributed by atoms with van der Waals surface area (Å²) in [5.41, 5.74) is 4.43. The molecule has 0 saturated heterocycles. The van der Waals surface area contributed by atoms with E-state index in [-0.39, 0.29) is 24.2 Å². The van der Waals surface area contributed by atoms with Crippen molar-refractivity contribution >= 4 is 31.6 Å². The number of hydrogen-bond donors (Lipinski definition) is 1. The molecule has 2 rings (SSSR count). The Labute approximate surface area is 136 Å². The lowest BCUT2D eigenvalue weighted by atomic mass is 9.81. The predicted molar refractivity (Wildman–Crippen MR) is 85.9 cm³/mol. The van der Waals surface area contributed by atoms with Gasteiger partial charge in [0.05, 0.1) is 0 Å². The fourth-order valence-electron chi connectivity index (χ4n) is 2.57. The molecule has 0 aliphatic carbocycles. The van der Waals surface area contributed by atoms with E-state index < -0.39 is 32.6 Å². The van der Waals surface area contributed by atoms with E-state index in [0.29, 0.717) is 4.47 Å². The van der Waals surface area contributed by atoms with Gasteiger partial charge in [0.15, 0.2) is 9.84 Å². The number of hydrogen-bond acceptors (Lipinski definition) is 4. The van der Waals surface area contributed by atoms with Gasteiger partial charge in [-0.15, -0.1) is 0 Å². The van der Waals surface area contributed by atoms with E-state index in [9.17, 15) is 17.2 Å². The Morgan fingerprint density at radius 3 is 2.55 bits per heavy atom. The Morgan fingerprint density at radius 2 is 2.05 bits per heavy atom. The van der Waals surface area contributed by atoms with Crippen molar-refractivity contribution in [3.05, 3.63) is 34.1 Å². The number of benzene rings is 1. The lowest BCUT2D eigenvalue weighted by Gasteiger charge is -2.39. The highest BCUT2D eigenvalue weighted by Gasteiger charge is 2.49. The number of rotatable bonds is 3. The standard InChI is InChI=1S/C14H17BrF2N2O2S/c1-13(22(2,20)21)5-6-14(8-16,19-12(13)18)10-7-9(15)3-4-11(10)17/h3-4,7H,5-6,8H2,1-2H3,(H2,18,19)/t13-,14+/m0/s1. The largest absolute Gasteiger partial charge is 0.386 e. The third kappa shape index (κ3) is 2.67. The van der Waals surface area contributed by atoms with E-state index in [4.69, 9.17) is 5.73 Å². The summed E-state index contributed by atoms with van der Waals surface area (Å²) >= 11 is 3.22. The van der Waals surface area contributed by atoms with Gasteiger partial charge in [0, 0.05) is 16.3 Å². The SMILES string of the molecule is C[C@]1(S(C)(=O)=O)CC[C@@](CF)(c2cc(Br)ccc2F)N=C1N. The highest BCUT2D eigenvalue weighted by atomic mass is 79.9. The quantitative estimate of drug-likeness (QED) is 0.856. The van der Waals surface area contributed by atoms with Crippen LogP contribution in [0, 0.1) is 5.82 Å². The monoisotopic (exact) mass is 394 g/mol. The first-order valence-electron chi connectivity index (χ1n) is 6.63. The second kappa shape index (κ2) is 5.56. The number of nitrogens with zero attached hydrogens (tertiary/aromatic N) is 1. The van der Waals surface area contributed by atoms with Crippen molar-refractivity contribution in [1.29, 1.82) is 0 Å². The van der Waals surface area contributed by atoms with Crippen molar-refractivity contribution in [2.24, 2.45) is 10.7 Å². The van der Waals surface area contributed by atoms with Crippen LogP contribution in [-0.2, 0) is 15.4 Å². The zero-order chi connectivity index (χ0) is 16.8. The normalized spacial score (nSPS) is 29.2. The fraction of sp³-hybridized carbons (Fsp3) is 0.500. The Hall–Kier alpha value is -1.02. The number of amidine groups is 1. The van der Waals surface area contributed by atoms with Crippen molar-refractivity contribution in [3.8, 4) is 0 Å². The van der Waals surface area contributed by atoms with Crippen LogP contribution in [0.25, 0.3) is 0 Å². The average molecular weight is 395 g/mol. The number of nitrogens with two attached hydrogens (primary N) is 1. The minimum atomic E-state index is -3.51. The molecule has 1 aromatic carbocycles. The molecular weight excluding hydrogens is 378 g/mol. The molecule has 2 N–H and O–H groups in total. The van der Waals surface area contributed by atoms with Crippen molar-refractivity contribution in [1.82, 2.24) is 0 Å². The van der Waals surface area contributed by atoms with Gasteiger partial charge >= 0.3 is 0 Å². The molecule has 122 valence electrons. The molecule has 0 spiro atoms. The van der Waals surface area contributed by atoms with Crippen LogP contribution in [0.2, 0.25) is 0 Å². The van der Waals surface area contributed by atoms with E-state index in [1.165, 1.54) is 25.1 Å². The van der Waals surface area contributed by atoms with Crippen LogP contribution in [0.5, 0.6) is 0 Å². The van der Waals surface area contributed by atoms with Crippen molar-refractivity contribution in [2.45, 2.75) is 30.1 Å². The predicted octanol–water partition coefficient (Wildman–Crippen LogP) is 2.71. The molecule has 1 aromatic rings. The highest BCUT2D eigenvalue weighted by molar-refractivity contribution is 9.10. The van der Waals surface area contributed by atoms with Crippen molar-refractivity contribution in [3.63, 3.8) is 0 Å². The summed E-state index contributed by atoms with van der Waals surface area (Å²) < 4.78 is 51.0. The topological polar surface area (TPSA) is 72.5 Å². The van der Waals surface area contributed by atoms with Gasteiger partial charge in [-0.2, -0.15) is 0 Å². The number of alkyl halides is 1. The summed E-state index contributed by atoms with van der Waals surface area (Å²) in [5, 5.41) is 0. The molecule has 0 fully saturated rings. The van der Waals surface area contributed by atoms with Gasteiger partial charge in [0.25, 0.3) is 0 Å². The summed E-state index contributed by atoms with van der Waals surface area (Å²) in [6.07, 6.45) is 1.20. The lowest BCUT2D eigenvalue weighted by molar-refractivity contribution is 0.266. The molecule has 0 unspecified atom stereocenters. The number of sulfone groups is 1. The van der Waals surface area contributed by atoms with Gasteiger partial charge < -0.3 is 5.73 Å². The van der Waals surface area contributed by atoms with Gasteiger partial charge in [-0.25, -0.2) is 17.2 Å². The van der Waals surface area contributed by atoms with Crippen molar-refractivity contribution < 1.29 is 17.2 Å². The molecule has 0 saturated carbocycles. The molecule has 1 heterocycles. The summed E-state index contributed by atoms with van der Waals surface area (Å²) in [4.78, 5) is 4.10. The summed E-state index contributed by atoms with van der Waals surface area (Å²) in [5.74, 6) is -0.779. The van der Waals surface area contributed by atoms with E-state index >= 15 is 0 Å². The molecule has 0 bridgehead atoms. The molecule has 1 aliphatic rings. The van der Waals surface area contributed by atoms with Gasteiger partial charge in [-0.3, -0.25) is 4.99 Å². The minimum absolute atomic E-state index is 0.0567. The Kier molecular flexibility index (Phi) is 4.38. The van der Waals surface area contributed by atoms with Crippen LogP contribution >= 0.6 is 15.9 Å². The second-order valence-corrected chi connectivity index (χ2v) is 9.15. The van der Waals surface area contributed by atoms with Crippen LogP contribution in [0.4, 0.5) is 8.78 Å². The van der Waals surface area contributed by atoms with E-state index in [1.807, 2.05) is 0 Å². The Balaban J connectivity index is 2.62. The first-order valence-corrected chi connectivity index (χ1v) is 9.31. The van der Waals surface area contributed by atoms with E-state index in [1.54, 1.807) is 0 Å². The van der Waals surface area contributed by atoms with Crippen LogP contribution < -0.4 is 5.73 Å². The van der Waals surface area contributed by atoms with Gasteiger partial charge in [0.2, 0.25) is 0 Å². The van der Waals surface area contributed by atoms with Crippen LogP contribution in [0.3, 0.4) is 0 Å². The zero-order valence-electron chi connectivity index (χ0n) is 12.2. The van der Waals surface area contributed by atoms with E-state index in [2.05, 4.69) is 20.9 Å². The first kappa shape index (κ1) is 17.3. The first-order chi connectivity index (χ1) is 10.1. The Morgan fingerprint density at radius 1 is 1.41 bits per heavy atom. The van der Waals surface area contributed by atoms with Gasteiger partial charge in [-0.1, -0.05) is 15.9 Å². The van der Waals surface area contributed by atoms with Gasteiger partial charge in [0.1, 0.15) is 28.6 Å². The molecule has 0 amide bonds. The van der Waals surface area contributed by atoms with Gasteiger partial charge in [-0.05, 0) is 38.0 Å².